The van der Waals surface area contributed by atoms with Crippen molar-refractivity contribution >= 4 is 21.6 Å². The van der Waals surface area contributed by atoms with Gasteiger partial charge in [0.25, 0.3) is 11.6 Å². The molecule has 202 valence electrons. The van der Waals surface area contributed by atoms with Crippen molar-refractivity contribution in [2.24, 2.45) is 0 Å². The number of hydrogen-bond acceptors (Lipinski definition) is 7. The van der Waals surface area contributed by atoms with Gasteiger partial charge >= 0.3 is 0 Å². The van der Waals surface area contributed by atoms with Crippen LogP contribution in [0.25, 0.3) is 5.69 Å². The number of amides is 1. The Balaban J connectivity index is 1.90. The molecule has 3 aromatic rings. The van der Waals surface area contributed by atoms with E-state index in [1.165, 1.54) is 21.1 Å². The number of nitrogens with zero attached hydrogens (tertiary/aromatic N) is 4. The number of rotatable bonds is 9. The lowest BCUT2D eigenvalue weighted by Crippen LogP contribution is -2.28. The molecule has 0 spiro atoms. The number of aryl methyl sites for hydroxylation is 2. The molecule has 1 N–H and O–H groups in total. The molecule has 2 heterocycles. The lowest BCUT2D eigenvalue weighted by Gasteiger charge is -2.19. The van der Waals surface area contributed by atoms with Gasteiger partial charge in [-0.1, -0.05) is 19.1 Å². The van der Waals surface area contributed by atoms with E-state index in [4.69, 9.17) is 4.74 Å². The van der Waals surface area contributed by atoms with Crippen LogP contribution in [0.4, 0.5) is 5.69 Å². The van der Waals surface area contributed by atoms with Gasteiger partial charge in [-0.15, -0.1) is 0 Å². The zero-order chi connectivity index (χ0) is 27.6. The van der Waals surface area contributed by atoms with Crippen molar-refractivity contribution in [2.45, 2.75) is 51.9 Å². The van der Waals surface area contributed by atoms with Crippen LogP contribution >= 0.6 is 0 Å². The number of sulfonamides is 1. The highest BCUT2D eigenvalue weighted by molar-refractivity contribution is 7.89. The standard InChI is InChI=1S/C26H31N5O6S/c1-5-12-27-25(32)24-19(4)26(30(28-24)21-15-17(2)8-9-18(21)3)37-22-11-10-20(31(33)34)16-23(22)38(35,36)29-13-6-7-14-29/h8-11,15-16H,5-7,12-14H2,1-4H3,(H,27,32). The van der Waals surface area contributed by atoms with Crippen LogP contribution in [0.5, 0.6) is 11.6 Å². The van der Waals surface area contributed by atoms with E-state index in [-0.39, 0.29) is 33.8 Å². The van der Waals surface area contributed by atoms with Crippen molar-refractivity contribution in [1.82, 2.24) is 19.4 Å². The molecule has 1 saturated heterocycles. The van der Waals surface area contributed by atoms with Crippen LogP contribution in [-0.2, 0) is 10.0 Å². The molecule has 38 heavy (non-hydrogen) atoms. The summed E-state index contributed by atoms with van der Waals surface area (Å²) in [4.78, 5) is 23.5. The van der Waals surface area contributed by atoms with Crippen LogP contribution in [0.2, 0.25) is 0 Å². The van der Waals surface area contributed by atoms with E-state index in [1.807, 2.05) is 39.0 Å². The summed E-state index contributed by atoms with van der Waals surface area (Å²) in [5.74, 6) is -0.323. The molecule has 0 radical (unpaired) electrons. The molecule has 0 unspecified atom stereocenters. The second-order valence-corrected chi connectivity index (χ2v) is 11.2. The smallest absolute Gasteiger partial charge is 0.272 e. The highest BCUT2D eigenvalue weighted by Crippen LogP contribution is 2.38. The van der Waals surface area contributed by atoms with Gasteiger partial charge in [0.1, 0.15) is 10.6 Å². The Morgan fingerprint density at radius 2 is 1.84 bits per heavy atom. The third-order valence-corrected chi connectivity index (χ3v) is 8.36. The second-order valence-electron chi connectivity index (χ2n) is 9.34. The van der Waals surface area contributed by atoms with E-state index in [2.05, 4.69) is 10.4 Å². The van der Waals surface area contributed by atoms with Gasteiger partial charge in [0, 0.05) is 37.3 Å². The lowest BCUT2D eigenvalue weighted by molar-refractivity contribution is -0.385. The van der Waals surface area contributed by atoms with Gasteiger partial charge in [0.15, 0.2) is 5.69 Å². The minimum atomic E-state index is -4.08. The molecule has 0 atom stereocenters. The second kappa shape index (κ2) is 10.9. The summed E-state index contributed by atoms with van der Waals surface area (Å²) in [6, 6.07) is 9.24. The third-order valence-electron chi connectivity index (χ3n) is 6.44. The molecule has 1 aliphatic rings. The number of carbonyl (C=O) groups is 1. The van der Waals surface area contributed by atoms with E-state index in [0.29, 0.717) is 43.7 Å². The molecule has 0 bridgehead atoms. The van der Waals surface area contributed by atoms with Gasteiger partial charge in [-0.25, -0.2) is 8.42 Å². The fourth-order valence-electron chi connectivity index (χ4n) is 4.32. The summed E-state index contributed by atoms with van der Waals surface area (Å²) in [5, 5.41) is 18.9. The molecule has 11 nitrogen and oxygen atoms in total. The van der Waals surface area contributed by atoms with Crippen LogP contribution in [0.1, 0.15) is 53.4 Å². The van der Waals surface area contributed by atoms with E-state index in [0.717, 1.165) is 23.6 Å². The number of nitrogens with one attached hydrogen (secondary N) is 1. The molecule has 1 amide bonds. The monoisotopic (exact) mass is 541 g/mol. The molecular weight excluding hydrogens is 510 g/mol. The van der Waals surface area contributed by atoms with E-state index < -0.39 is 14.9 Å². The number of non-ortho nitro benzene ring substituents is 1. The van der Waals surface area contributed by atoms with Crippen LogP contribution in [0, 0.1) is 30.9 Å². The van der Waals surface area contributed by atoms with Crippen LogP contribution in [0.15, 0.2) is 41.3 Å². The molecule has 12 heteroatoms. The maximum atomic E-state index is 13.5. The zero-order valence-electron chi connectivity index (χ0n) is 21.9. The van der Waals surface area contributed by atoms with Gasteiger partial charge < -0.3 is 10.1 Å². The summed E-state index contributed by atoms with van der Waals surface area (Å²) >= 11 is 0. The van der Waals surface area contributed by atoms with Crippen molar-refractivity contribution in [3.05, 3.63) is 68.9 Å². The summed E-state index contributed by atoms with van der Waals surface area (Å²) < 4.78 is 36.1. The largest absolute Gasteiger partial charge is 0.437 e. The van der Waals surface area contributed by atoms with Gasteiger partial charge in [-0.05, 0) is 63.3 Å². The molecule has 0 saturated carbocycles. The van der Waals surface area contributed by atoms with E-state index >= 15 is 0 Å². The maximum Gasteiger partial charge on any atom is 0.272 e. The number of carbonyl (C=O) groups excluding carboxylic acids is 1. The minimum Gasteiger partial charge on any atom is -0.437 e. The lowest BCUT2D eigenvalue weighted by atomic mass is 10.1. The first-order valence-electron chi connectivity index (χ1n) is 12.5. The zero-order valence-corrected chi connectivity index (χ0v) is 22.7. The van der Waals surface area contributed by atoms with Gasteiger partial charge in [-0.3, -0.25) is 14.9 Å². The number of hydrogen-bond donors (Lipinski definition) is 1. The highest BCUT2D eigenvalue weighted by atomic mass is 32.2. The van der Waals surface area contributed by atoms with Gasteiger partial charge in [0.05, 0.1) is 10.6 Å². The Kier molecular flexibility index (Phi) is 7.83. The first-order valence-corrected chi connectivity index (χ1v) is 13.9. The average molecular weight is 542 g/mol. The first-order chi connectivity index (χ1) is 18.0. The molecule has 1 fully saturated rings. The normalized spacial score (nSPS) is 14.0. The summed E-state index contributed by atoms with van der Waals surface area (Å²) in [5.41, 5.74) is 2.65. The van der Waals surface area contributed by atoms with Gasteiger partial charge in [-0.2, -0.15) is 14.1 Å². The maximum absolute atomic E-state index is 13.5. The number of benzene rings is 2. The van der Waals surface area contributed by atoms with Crippen LogP contribution < -0.4 is 10.1 Å². The Hall–Kier alpha value is -3.77. The van der Waals surface area contributed by atoms with E-state index in [9.17, 15) is 23.3 Å². The quantitative estimate of drug-likeness (QED) is 0.313. The number of nitro benzene ring substituents is 1. The Morgan fingerprint density at radius 3 is 2.50 bits per heavy atom. The van der Waals surface area contributed by atoms with Crippen LogP contribution in [0.3, 0.4) is 0 Å². The summed E-state index contributed by atoms with van der Waals surface area (Å²) in [7, 11) is -4.08. The van der Waals surface area contributed by atoms with Crippen molar-refractivity contribution in [3.8, 4) is 17.3 Å². The first kappa shape index (κ1) is 27.3. The summed E-state index contributed by atoms with van der Waals surface area (Å²) in [6.45, 7) is 8.54. The van der Waals surface area contributed by atoms with Crippen molar-refractivity contribution in [3.63, 3.8) is 0 Å². The van der Waals surface area contributed by atoms with Crippen molar-refractivity contribution in [1.29, 1.82) is 0 Å². The predicted octanol–water partition coefficient (Wildman–Crippen LogP) is 4.42. The number of ether oxygens (including phenoxy) is 1. The Labute approximate surface area is 221 Å². The minimum absolute atomic E-state index is 0.0856. The molecule has 1 aromatic heterocycles. The topological polar surface area (TPSA) is 137 Å². The van der Waals surface area contributed by atoms with E-state index in [1.54, 1.807) is 6.92 Å². The third kappa shape index (κ3) is 5.27. The molecule has 0 aliphatic carbocycles. The average Bonchev–Trinajstić information content (AvgIpc) is 3.54. The Morgan fingerprint density at radius 1 is 1.13 bits per heavy atom. The molecule has 2 aromatic carbocycles. The fraction of sp³-hybridized carbons (Fsp3) is 0.385. The molecule has 1 aliphatic heterocycles. The number of aromatic nitrogens is 2. The summed E-state index contributed by atoms with van der Waals surface area (Å²) in [6.07, 6.45) is 2.16. The SMILES string of the molecule is CCCNC(=O)c1nn(-c2cc(C)ccc2C)c(Oc2ccc([N+](=O)[O-])cc2S(=O)(=O)N2CCCC2)c1C. The number of nitro groups is 1. The van der Waals surface area contributed by atoms with Gasteiger partial charge in [0.2, 0.25) is 15.9 Å². The van der Waals surface area contributed by atoms with Crippen molar-refractivity contribution in [2.75, 3.05) is 19.6 Å². The highest BCUT2D eigenvalue weighted by Gasteiger charge is 2.33. The predicted molar refractivity (Wildman–Crippen MR) is 142 cm³/mol. The molecular formula is C26H31N5O6S. The Bertz CT molecular complexity index is 1490. The molecule has 4 rings (SSSR count). The fourth-order valence-corrected chi connectivity index (χ4v) is 5.97. The van der Waals surface area contributed by atoms with Crippen molar-refractivity contribution < 1.29 is 22.9 Å². The van der Waals surface area contributed by atoms with Crippen LogP contribution in [-0.4, -0.2) is 53.0 Å².